The molecule has 1 N–H and O–H groups in total. The van der Waals surface area contributed by atoms with E-state index in [1.165, 1.54) is 16.7 Å². The first-order valence-electron chi connectivity index (χ1n) is 9.45. The molecule has 1 unspecified atom stereocenters. The van der Waals surface area contributed by atoms with Crippen LogP contribution in [0.4, 0.5) is 4.79 Å². The second-order valence-electron chi connectivity index (χ2n) is 6.87. The van der Waals surface area contributed by atoms with Gasteiger partial charge in [-0.1, -0.05) is 23.9 Å². The molecule has 2 aliphatic rings. The zero-order chi connectivity index (χ0) is 19.5. The van der Waals surface area contributed by atoms with Crippen molar-refractivity contribution in [2.24, 2.45) is 0 Å². The highest BCUT2D eigenvalue weighted by Crippen LogP contribution is 2.21. The Morgan fingerprint density at radius 3 is 2.86 bits per heavy atom. The zero-order valence-electron chi connectivity index (χ0n) is 15.4. The van der Waals surface area contributed by atoms with Gasteiger partial charge >= 0.3 is 6.03 Å². The van der Waals surface area contributed by atoms with Crippen LogP contribution in [0.5, 0.6) is 0 Å². The van der Waals surface area contributed by atoms with E-state index in [4.69, 9.17) is 4.74 Å². The molecular formula is C19H22N4O4S. The number of carbonyl (C=O) groups is 2. The minimum absolute atomic E-state index is 0.0333. The van der Waals surface area contributed by atoms with Crippen LogP contribution in [0.25, 0.3) is 10.9 Å². The number of para-hydroxylation sites is 1. The number of nitrogens with zero attached hydrogens (tertiary/aromatic N) is 3. The van der Waals surface area contributed by atoms with Crippen molar-refractivity contribution in [3.63, 3.8) is 0 Å². The van der Waals surface area contributed by atoms with Gasteiger partial charge in [0.15, 0.2) is 5.16 Å². The van der Waals surface area contributed by atoms with E-state index in [0.717, 1.165) is 19.4 Å². The number of aromatic nitrogens is 2. The molecule has 2 fully saturated rings. The number of hydrogen-bond donors (Lipinski definition) is 1. The first-order valence-corrected chi connectivity index (χ1v) is 10.4. The van der Waals surface area contributed by atoms with Crippen LogP contribution in [0.15, 0.2) is 34.2 Å². The van der Waals surface area contributed by atoms with Crippen LogP contribution in [0.1, 0.15) is 19.3 Å². The van der Waals surface area contributed by atoms with Gasteiger partial charge in [-0.25, -0.2) is 9.78 Å². The van der Waals surface area contributed by atoms with Gasteiger partial charge in [0.25, 0.3) is 5.56 Å². The molecule has 3 amide bonds. The van der Waals surface area contributed by atoms with E-state index in [-0.39, 0.29) is 30.1 Å². The lowest BCUT2D eigenvalue weighted by molar-refractivity contribution is -0.124. The Morgan fingerprint density at radius 2 is 2.11 bits per heavy atom. The molecule has 1 aromatic heterocycles. The van der Waals surface area contributed by atoms with Crippen LogP contribution in [-0.4, -0.2) is 57.9 Å². The van der Waals surface area contributed by atoms with Crippen LogP contribution in [-0.2, 0) is 16.1 Å². The minimum atomic E-state index is -0.339. The van der Waals surface area contributed by atoms with Crippen molar-refractivity contribution in [1.82, 2.24) is 19.8 Å². The average molecular weight is 402 g/mol. The van der Waals surface area contributed by atoms with Crippen molar-refractivity contribution in [2.75, 3.05) is 25.4 Å². The summed E-state index contributed by atoms with van der Waals surface area (Å²) in [5.74, 6) is 0.446. The van der Waals surface area contributed by atoms with E-state index in [1.54, 1.807) is 10.6 Å². The van der Waals surface area contributed by atoms with Crippen molar-refractivity contribution < 1.29 is 14.3 Å². The van der Waals surface area contributed by atoms with E-state index in [0.29, 0.717) is 41.3 Å². The predicted molar refractivity (Wildman–Crippen MR) is 105 cm³/mol. The topological polar surface area (TPSA) is 93.5 Å². The fourth-order valence-electron chi connectivity index (χ4n) is 3.48. The van der Waals surface area contributed by atoms with E-state index >= 15 is 0 Å². The van der Waals surface area contributed by atoms with Crippen molar-refractivity contribution >= 4 is 34.6 Å². The Morgan fingerprint density at radius 1 is 1.25 bits per heavy atom. The molecule has 148 valence electrons. The molecule has 0 aliphatic carbocycles. The lowest BCUT2D eigenvalue weighted by atomic mass is 10.2. The summed E-state index contributed by atoms with van der Waals surface area (Å²) < 4.78 is 7.42. The van der Waals surface area contributed by atoms with E-state index in [9.17, 15) is 14.4 Å². The maximum atomic E-state index is 13.0. The highest BCUT2D eigenvalue weighted by Gasteiger charge is 2.27. The Labute approximate surface area is 166 Å². The summed E-state index contributed by atoms with van der Waals surface area (Å²) in [6, 6.07) is 7.00. The van der Waals surface area contributed by atoms with E-state index in [1.807, 2.05) is 18.2 Å². The molecule has 0 bridgehead atoms. The highest BCUT2D eigenvalue weighted by molar-refractivity contribution is 7.99. The Balaban J connectivity index is 1.50. The number of fused-ring (bicyclic) bond motifs is 1. The number of benzene rings is 1. The fraction of sp³-hybridized carbons (Fsp3) is 0.474. The van der Waals surface area contributed by atoms with Crippen molar-refractivity contribution in [2.45, 2.75) is 37.1 Å². The van der Waals surface area contributed by atoms with Crippen molar-refractivity contribution in [1.29, 1.82) is 0 Å². The van der Waals surface area contributed by atoms with Gasteiger partial charge < -0.3 is 10.1 Å². The van der Waals surface area contributed by atoms with Crippen molar-refractivity contribution in [3.8, 4) is 0 Å². The molecule has 0 radical (unpaired) electrons. The van der Waals surface area contributed by atoms with Gasteiger partial charge in [-0.3, -0.25) is 19.1 Å². The Bertz CT molecular complexity index is 939. The average Bonchev–Trinajstić information content (AvgIpc) is 3.32. The monoisotopic (exact) mass is 402 g/mol. The number of nitrogens with one attached hydrogen (secondary N) is 1. The molecular weight excluding hydrogens is 380 g/mol. The van der Waals surface area contributed by atoms with Crippen LogP contribution in [0.3, 0.4) is 0 Å². The summed E-state index contributed by atoms with van der Waals surface area (Å²) in [6.07, 6.45) is 2.61. The number of carbonyl (C=O) groups excluding carboxylic acids is 2. The molecule has 0 spiro atoms. The maximum Gasteiger partial charge on any atom is 0.324 e. The molecule has 8 nitrogen and oxygen atoms in total. The zero-order valence-corrected chi connectivity index (χ0v) is 16.2. The summed E-state index contributed by atoms with van der Waals surface area (Å²) in [5.41, 5.74) is 0.616. The first-order chi connectivity index (χ1) is 13.6. The molecule has 0 saturated carbocycles. The van der Waals surface area contributed by atoms with Crippen LogP contribution in [0.2, 0.25) is 0 Å². The number of rotatable bonds is 7. The number of imide groups is 1. The summed E-state index contributed by atoms with van der Waals surface area (Å²) in [7, 11) is 0. The third-order valence-corrected chi connectivity index (χ3v) is 5.99. The summed E-state index contributed by atoms with van der Waals surface area (Å²) in [4.78, 5) is 42.2. The SMILES string of the molecule is O=C1CNC(=O)N1CCCSc1nc2ccccc2c(=O)n1CC1CCCO1. The van der Waals surface area contributed by atoms with Gasteiger partial charge in [0, 0.05) is 18.9 Å². The molecule has 1 aromatic carbocycles. The largest absolute Gasteiger partial charge is 0.376 e. The first kappa shape index (κ1) is 18.9. The maximum absolute atomic E-state index is 13.0. The number of amides is 3. The molecule has 2 saturated heterocycles. The smallest absolute Gasteiger partial charge is 0.324 e. The van der Waals surface area contributed by atoms with Crippen LogP contribution >= 0.6 is 11.8 Å². The van der Waals surface area contributed by atoms with E-state index in [2.05, 4.69) is 10.3 Å². The Kier molecular flexibility index (Phi) is 5.63. The number of urea groups is 1. The van der Waals surface area contributed by atoms with Crippen molar-refractivity contribution in [3.05, 3.63) is 34.6 Å². The number of thioether (sulfide) groups is 1. The third-order valence-electron chi connectivity index (χ3n) is 4.93. The second-order valence-corrected chi connectivity index (χ2v) is 7.93. The lowest BCUT2D eigenvalue weighted by Crippen LogP contribution is -2.32. The summed E-state index contributed by atoms with van der Waals surface area (Å²) in [6.45, 7) is 1.65. The molecule has 28 heavy (non-hydrogen) atoms. The normalized spacial score (nSPS) is 19.6. The van der Waals surface area contributed by atoms with Crippen LogP contribution in [0, 0.1) is 0 Å². The summed E-state index contributed by atoms with van der Waals surface area (Å²) >= 11 is 1.47. The second kappa shape index (κ2) is 8.32. The minimum Gasteiger partial charge on any atom is -0.376 e. The number of ether oxygens (including phenoxy) is 1. The van der Waals surface area contributed by atoms with Gasteiger partial charge in [-0.15, -0.1) is 0 Å². The molecule has 2 aliphatic heterocycles. The van der Waals surface area contributed by atoms with Crippen LogP contribution < -0.4 is 10.9 Å². The molecule has 4 rings (SSSR count). The third kappa shape index (κ3) is 3.90. The molecule has 3 heterocycles. The van der Waals surface area contributed by atoms with Gasteiger partial charge in [-0.05, 0) is 31.4 Å². The molecule has 1 atom stereocenters. The Hall–Kier alpha value is -2.39. The van der Waals surface area contributed by atoms with Gasteiger partial charge in [0.05, 0.1) is 30.1 Å². The predicted octanol–water partition coefficient (Wildman–Crippen LogP) is 1.61. The van der Waals surface area contributed by atoms with E-state index < -0.39 is 0 Å². The van der Waals surface area contributed by atoms with Gasteiger partial charge in [0.1, 0.15) is 0 Å². The highest BCUT2D eigenvalue weighted by atomic mass is 32.2. The molecule has 9 heteroatoms. The van der Waals surface area contributed by atoms with Gasteiger partial charge in [-0.2, -0.15) is 0 Å². The number of hydrogen-bond acceptors (Lipinski definition) is 6. The molecule has 2 aromatic rings. The summed E-state index contributed by atoms with van der Waals surface area (Å²) in [5, 5.41) is 3.76. The quantitative estimate of drug-likeness (QED) is 0.327. The standard InChI is InChI=1S/C19H22N4O4S/c24-16-11-20-18(26)22(16)8-4-10-28-19-21-15-7-2-1-6-14(15)17(25)23(19)12-13-5-3-9-27-13/h1-2,6-7,13H,3-5,8-12H2,(H,20,26). The lowest BCUT2D eigenvalue weighted by Gasteiger charge is -2.17. The fourth-order valence-corrected chi connectivity index (χ4v) is 4.41. The van der Waals surface area contributed by atoms with Gasteiger partial charge in [0.2, 0.25) is 5.91 Å².